The van der Waals surface area contributed by atoms with Crippen LogP contribution in [0.3, 0.4) is 0 Å². The Morgan fingerprint density at radius 3 is 1.72 bits per heavy atom. The second kappa shape index (κ2) is 11.7. The molecule has 1 saturated carbocycles. The third-order valence-electron chi connectivity index (χ3n) is 5.76. The number of esters is 2. The van der Waals surface area contributed by atoms with Crippen LogP contribution in [0.4, 0.5) is 0 Å². The zero-order chi connectivity index (χ0) is 22.9. The molecule has 1 aliphatic rings. The topological polar surface area (TPSA) is 71.1 Å². The van der Waals surface area contributed by atoms with Gasteiger partial charge in [-0.2, -0.15) is 0 Å². The van der Waals surface area contributed by atoms with E-state index in [4.69, 9.17) is 18.9 Å². The summed E-state index contributed by atoms with van der Waals surface area (Å²) >= 11 is 0. The first-order valence-electron chi connectivity index (χ1n) is 11.2. The van der Waals surface area contributed by atoms with Gasteiger partial charge in [-0.25, -0.2) is 0 Å². The molecule has 0 radical (unpaired) electrons. The minimum Gasteiger partial charge on any atom is -0.488 e. The van der Waals surface area contributed by atoms with Crippen molar-refractivity contribution in [3.63, 3.8) is 0 Å². The van der Waals surface area contributed by atoms with Crippen LogP contribution in [0.15, 0.2) is 54.6 Å². The van der Waals surface area contributed by atoms with Gasteiger partial charge in [0.2, 0.25) is 0 Å². The van der Waals surface area contributed by atoms with Crippen LogP contribution in [-0.4, -0.2) is 31.8 Å². The predicted octanol–water partition coefficient (Wildman–Crippen LogP) is 5.05. The van der Waals surface area contributed by atoms with Gasteiger partial charge in [-0.15, -0.1) is 0 Å². The van der Waals surface area contributed by atoms with Crippen molar-refractivity contribution in [1.82, 2.24) is 0 Å². The van der Waals surface area contributed by atoms with E-state index in [2.05, 4.69) is 13.8 Å². The maximum absolute atomic E-state index is 12.6. The lowest BCUT2D eigenvalue weighted by Gasteiger charge is -2.26. The molecule has 3 rings (SSSR count). The van der Waals surface area contributed by atoms with Gasteiger partial charge in [-0.3, -0.25) is 9.59 Å². The van der Waals surface area contributed by atoms with Gasteiger partial charge in [0.25, 0.3) is 0 Å². The van der Waals surface area contributed by atoms with Crippen molar-refractivity contribution in [3.8, 4) is 17.2 Å². The lowest BCUT2D eigenvalue weighted by atomic mass is 9.82. The zero-order valence-corrected chi connectivity index (χ0v) is 19.0. The van der Waals surface area contributed by atoms with Gasteiger partial charge in [0, 0.05) is 7.11 Å². The molecule has 0 saturated heterocycles. The van der Waals surface area contributed by atoms with Crippen molar-refractivity contribution in [3.05, 3.63) is 54.6 Å². The molecular weight excluding hydrogens is 408 g/mol. The third-order valence-corrected chi connectivity index (χ3v) is 5.76. The van der Waals surface area contributed by atoms with E-state index in [0.717, 1.165) is 0 Å². The summed E-state index contributed by atoms with van der Waals surface area (Å²) in [6.07, 6.45) is 2.42. The van der Waals surface area contributed by atoms with E-state index < -0.39 is 0 Å². The molecule has 0 N–H and O–H groups in total. The summed E-state index contributed by atoms with van der Waals surface area (Å²) < 4.78 is 22.2. The second-order valence-corrected chi connectivity index (χ2v) is 8.53. The highest BCUT2D eigenvalue weighted by atomic mass is 16.5. The van der Waals surface area contributed by atoms with Crippen molar-refractivity contribution < 1.29 is 28.5 Å². The van der Waals surface area contributed by atoms with Crippen molar-refractivity contribution in [2.45, 2.75) is 45.6 Å². The molecule has 1 aliphatic carbocycles. The Bertz CT molecular complexity index is 854. The fraction of sp³-hybridized carbons (Fsp3) is 0.462. The zero-order valence-electron chi connectivity index (χ0n) is 19.0. The molecule has 2 aromatic carbocycles. The molecule has 2 aromatic rings. The summed E-state index contributed by atoms with van der Waals surface area (Å²) in [5.41, 5.74) is 0. The Labute approximate surface area is 189 Å². The molecule has 0 aromatic heterocycles. The Morgan fingerprint density at radius 1 is 0.781 bits per heavy atom. The van der Waals surface area contributed by atoms with Gasteiger partial charge in [0.15, 0.2) is 0 Å². The molecule has 1 fully saturated rings. The third kappa shape index (κ3) is 6.82. The number of hydrogen-bond acceptors (Lipinski definition) is 6. The molecule has 0 bridgehead atoms. The maximum Gasteiger partial charge on any atom is 0.314 e. The number of para-hydroxylation sites is 1. The van der Waals surface area contributed by atoms with E-state index in [0.29, 0.717) is 55.5 Å². The van der Waals surface area contributed by atoms with E-state index in [1.807, 2.05) is 18.2 Å². The monoisotopic (exact) mass is 440 g/mol. The molecule has 172 valence electrons. The molecule has 0 amide bonds. The number of ether oxygens (including phenoxy) is 4. The number of rotatable bonds is 9. The summed E-state index contributed by atoms with van der Waals surface area (Å²) in [6, 6.07) is 16.1. The highest BCUT2D eigenvalue weighted by Gasteiger charge is 2.32. The molecule has 1 unspecified atom stereocenters. The summed E-state index contributed by atoms with van der Waals surface area (Å²) in [6.45, 7) is 4.67. The predicted molar refractivity (Wildman–Crippen MR) is 121 cm³/mol. The number of methoxy groups -OCH3 is 1. The lowest BCUT2D eigenvalue weighted by Crippen LogP contribution is -2.30. The minimum atomic E-state index is -0.256. The Kier molecular flexibility index (Phi) is 8.68. The minimum absolute atomic E-state index is 0.0443. The molecule has 0 heterocycles. The quantitative estimate of drug-likeness (QED) is 0.401. The van der Waals surface area contributed by atoms with Crippen molar-refractivity contribution in [2.75, 3.05) is 13.7 Å². The molecule has 1 atom stereocenters. The number of carbonyl (C=O) groups is 2. The maximum atomic E-state index is 12.6. The SMILES string of the molecule is COCC(Oc1ccc(OC(=O)[C@H]2CC[C@H](C(=O)Oc3ccccc3)CC2)cc1)C(C)C. The van der Waals surface area contributed by atoms with Gasteiger partial charge < -0.3 is 18.9 Å². The Hall–Kier alpha value is -2.86. The summed E-state index contributed by atoms with van der Waals surface area (Å²) in [5.74, 6) is 1.18. The number of carbonyl (C=O) groups excluding carboxylic acids is 2. The van der Waals surface area contributed by atoms with Crippen LogP contribution in [0.25, 0.3) is 0 Å². The molecule has 0 spiro atoms. The molecule has 6 nitrogen and oxygen atoms in total. The van der Waals surface area contributed by atoms with Gasteiger partial charge in [-0.05, 0) is 68.0 Å². The van der Waals surface area contributed by atoms with Crippen molar-refractivity contribution in [2.24, 2.45) is 17.8 Å². The number of benzene rings is 2. The number of hydrogen-bond donors (Lipinski definition) is 0. The van der Waals surface area contributed by atoms with Gasteiger partial charge in [0.1, 0.15) is 23.4 Å². The standard InChI is InChI=1S/C26H32O6/c1-18(2)24(17-29-3)30-22-13-15-23(16-14-22)32-26(28)20-11-9-19(10-12-20)25(27)31-21-7-5-4-6-8-21/h4-8,13-16,18-20,24H,9-12,17H2,1-3H3/t19-,20-,24?. The van der Waals surface area contributed by atoms with E-state index in [1.165, 1.54) is 0 Å². The van der Waals surface area contributed by atoms with Gasteiger partial charge in [0.05, 0.1) is 18.4 Å². The van der Waals surface area contributed by atoms with Crippen LogP contribution in [0, 0.1) is 17.8 Å². The first-order valence-corrected chi connectivity index (χ1v) is 11.2. The summed E-state index contributed by atoms with van der Waals surface area (Å²) in [4.78, 5) is 25.0. The summed E-state index contributed by atoms with van der Waals surface area (Å²) in [5, 5.41) is 0. The second-order valence-electron chi connectivity index (χ2n) is 8.53. The molecule has 0 aliphatic heterocycles. The largest absolute Gasteiger partial charge is 0.488 e. The first-order chi connectivity index (χ1) is 15.5. The van der Waals surface area contributed by atoms with E-state index in [-0.39, 0.29) is 29.9 Å². The average Bonchev–Trinajstić information content (AvgIpc) is 2.80. The highest BCUT2D eigenvalue weighted by Crippen LogP contribution is 2.31. The van der Waals surface area contributed by atoms with Gasteiger partial charge >= 0.3 is 11.9 Å². The van der Waals surface area contributed by atoms with E-state index >= 15 is 0 Å². The van der Waals surface area contributed by atoms with Crippen LogP contribution < -0.4 is 14.2 Å². The molecular formula is C26H32O6. The Balaban J connectivity index is 1.46. The van der Waals surface area contributed by atoms with Crippen LogP contribution in [0.5, 0.6) is 17.2 Å². The lowest BCUT2D eigenvalue weighted by molar-refractivity contribution is -0.145. The van der Waals surface area contributed by atoms with Crippen LogP contribution >= 0.6 is 0 Å². The fourth-order valence-corrected chi connectivity index (χ4v) is 3.74. The fourth-order valence-electron chi connectivity index (χ4n) is 3.74. The van der Waals surface area contributed by atoms with Crippen molar-refractivity contribution >= 4 is 11.9 Å². The normalized spacial score (nSPS) is 19.2. The van der Waals surface area contributed by atoms with Crippen LogP contribution in [-0.2, 0) is 14.3 Å². The van der Waals surface area contributed by atoms with E-state index in [1.54, 1.807) is 43.5 Å². The highest BCUT2D eigenvalue weighted by molar-refractivity contribution is 5.77. The molecule has 32 heavy (non-hydrogen) atoms. The van der Waals surface area contributed by atoms with Crippen LogP contribution in [0.2, 0.25) is 0 Å². The molecule has 6 heteroatoms. The van der Waals surface area contributed by atoms with Crippen molar-refractivity contribution in [1.29, 1.82) is 0 Å². The first kappa shape index (κ1) is 23.8. The average molecular weight is 441 g/mol. The summed E-state index contributed by atoms with van der Waals surface area (Å²) in [7, 11) is 1.65. The van der Waals surface area contributed by atoms with Crippen LogP contribution in [0.1, 0.15) is 39.5 Å². The van der Waals surface area contributed by atoms with E-state index in [9.17, 15) is 9.59 Å². The Morgan fingerprint density at radius 2 is 1.25 bits per heavy atom. The van der Waals surface area contributed by atoms with Gasteiger partial charge in [-0.1, -0.05) is 32.0 Å². The smallest absolute Gasteiger partial charge is 0.314 e.